The third kappa shape index (κ3) is 1.58. The average Bonchev–Trinajstić information content (AvgIpc) is 1.65. The van der Waals surface area contributed by atoms with Crippen molar-refractivity contribution in [3.05, 3.63) is 0 Å². The molecule has 1 rings (SSSR count). The lowest BCUT2D eigenvalue weighted by Crippen LogP contribution is -2.34. The van der Waals surface area contributed by atoms with Gasteiger partial charge in [-0.25, -0.2) is 5.11 Å². The van der Waals surface area contributed by atoms with E-state index in [1.807, 2.05) is 0 Å². The first-order valence-corrected chi connectivity index (χ1v) is 4.05. The van der Waals surface area contributed by atoms with Crippen molar-refractivity contribution in [1.29, 1.82) is 0 Å². The summed E-state index contributed by atoms with van der Waals surface area (Å²) in [6, 6.07) is 0. The van der Waals surface area contributed by atoms with Crippen LogP contribution in [0, 0.1) is 0 Å². The van der Waals surface area contributed by atoms with E-state index in [2.05, 4.69) is 0 Å². The summed E-state index contributed by atoms with van der Waals surface area (Å²) >= 11 is 0. The third-order valence-corrected chi connectivity index (χ3v) is 2.22. The van der Waals surface area contributed by atoms with Crippen molar-refractivity contribution in [3.63, 3.8) is 0 Å². The lowest BCUT2D eigenvalue weighted by molar-refractivity contribution is -0.198. The highest BCUT2D eigenvalue weighted by molar-refractivity contribution is 6.13. The molecule has 0 aliphatic carbocycles. The van der Waals surface area contributed by atoms with Gasteiger partial charge in [0.05, 0.1) is 10.2 Å². The summed E-state index contributed by atoms with van der Waals surface area (Å²) in [5.41, 5.74) is -0.932. The van der Waals surface area contributed by atoms with Crippen LogP contribution in [0.25, 0.3) is 0 Å². The fourth-order valence-electron chi connectivity index (χ4n) is 0.908. The zero-order valence-electron chi connectivity index (χ0n) is 5.14. The molecule has 2 nitrogen and oxygen atoms in total. The van der Waals surface area contributed by atoms with E-state index in [1.54, 1.807) is 0 Å². The fraction of sp³-hybridized carbons (Fsp3) is 1.00. The van der Waals surface area contributed by atoms with Crippen LogP contribution < -0.4 is 0 Å². The molecular weight excluding hydrogens is 120 g/mol. The number of rotatable bonds is 0. The summed E-state index contributed by atoms with van der Waals surface area (Å²) in [4.78, 5) is 0. The fourth-order valence-corrected chi connectivity index (χ4v) is 1.47. The number of ether oxygens (including phenoxy) is 1. The quantitative estimate of drug-likeness (QED) is 0.413. The lowest BCUT2D eigenvalue weighted by atomic mass is 10.2. The smallest absolute Gasteiger partial charge is 0.174 e. The normalized spacial score (nSPS) is 40.1. The van der Waals surface area contributed by atoms with Gasteiger partial charge in [-0.2, -0.15) is 0 Å². The standard InChI is InChI=1S/C5H11O2Si/c6-5(8)3-1-2-4-7-5/h1-4H2,8H3. The molecule has 0 spiro atoms. The minimum Gasteiger partial charge on any atom is -0.352 e. The van der Waals surface area contributed by atoms with Gasteiger partial charge in [0, 0.05) is 6.61 Å². The second-order valence-electron chi connectivity index (χ2n) is 2.44. The van der Waals surface area contributed by atoms with Crippen molar-refractivity contribution in [2.24, 2.45) is 0 Å². The second kappa shape index (κ2) is 2.17. The van der Waals surface area contributed by atoms with E-state index < -0.39 is 5.41 Å². The predicted molar refractivity (Wildman–Crippen MR) is 33.2 cm³/mol. The first-order valence-electron chi connectivity index (χ1n) is 3.05. The maximum atomic E-state index is 11.0. The van der Waals surface area contributed by atoms with Gasteiger partial charge in [0.2, 0.25) is 0 Å². The Labute approximate surface area is 52.3 Å². The molecule has 1 atom stereocenters. The van der Waals surface area contributed by atoms with Gasteiger partial charge >= 0.3 is 0 Å². The van der Waals surface area contributed by atoms with Crippen LogP contribution >= 0.6 is 0 Å². The predicted octanol–water partition coefficient (Wildman–Crippen LogP) is -0.363. The van der Waals surface area contributed by atoms with E-state index in [-0.39, 0.29) is 0 Å². The number of hydrogen-bond acceptors (Lipinski definition) is 1. The van der Waals surface area contributed by atoms with Crippen LogP contribution in [-0.2, 0) is 9.84 Å². The van der Waals surface area contributed by atoms with E-state index in [9.17, 15) is 5.11 Å². The third-order valence-electron chi connectivity index (χ3n) is 1.43. The van der Waals surface area contributed by atoms with E-state index in [0.29, 0.717) is 16.8 Å². The van der Waals surface area contributed by atoms with E-state index in [0.717, 1.165) is 19.3 Å². The minimum absolute atomic E-state index is 0.632. The zero-order valence-corrected chi connectivity index (χ0v) is 7.14. The maximum Gasteiger partial charge on any atom is 0.174 e. The molecule has 8 heavy (non-hydrogen) atoms. The van der Waals surface area contributed by atoms with Crippen LogP contribution in [0.4, 0.5) is 0 Å². The van der Waals surface area contributed by atoms with Crippen molar-refractivity contribution >= 4 is 10.2 Å². The van der Waals surface area contributed by atoms with Gasteiger partial charge < -0.3 is 4.74 Å². The molecule has 1 radical (unpaired) electrons. The van der Waals surface area contributed by atoms with Gasteiger partial charge in [0.25, 0.3) is 0 Å². The molecule has 0 amide bonds. The van der Waals surface area contributed by atoms with Crippen LogP contribution in [-0.4, -0.2) is 22.3 Å². The molecule has 1 saturated heterocycles. The van der Waals surface area contributed by atoms with Crippen LogP contribution in [0.15, 0.2) is 0 Å². The number of hydrogen-bond donors (Lipinski definition) is 0. The molecule has 0 aromatic heterocycles. The molecule has 1 heterocycles. The molecule has 1 aliphatic rings. The van der Waals surface area contributed by atoms with E-state index in [1.165, 1.54) is 0 Å². The summed E-state index contributed by atoms with van der Waals surface area (Å²) < 4.78 is 4.97. The maximum absolute atomic E-state index is 11.0. The van der Waals surface area contributed by atoms with Crippen LogP contribution in [0.5, 0.6) is 0 Å². The topological polar surface area (TPSA) is 29.1 Å². The Morgan fingerprint density at radius 2 is 2.25 bits per heavy atom. The van der Waals surface area contributed by atoms with E-state index >= 15 is 0 Å². The molecule has 3 heteroatoms. The monoisotopic (exact) mass is 131 g/mol. The zero-order chi connectivity index (χ0) is 6.04. The van der Waals surface area contributed by atoms with Crippen molar-refractivity contribution in [1.82, 2.24) is 0 Å². The van der Waals surface area contributed by atoms with Crippen molar-refractivity contribution in [2.45, 2.75) is 24.7 Å². The Balaban J connectivity index is 2.33. The molecule has 1 fully saturated rings. The molecular formula is C5H11O2Si. The summed E-state index contributed by atoms with van der Waals surface area (Å²) in [5, 5.41) is 11.0. The highest BCUT2D eigenvalue weighted by atomic mass is 28.1. The second-order valence-corrected chi connectivity index (χ2v) is 3.96. The first kappa shape index (κ1) is 6.26. The van der Waals surface area contributed by atoms with Gasteiger partial charge in [-0.3, -0.25) is 0 Å². The Hall–Kier alpha value is 0.137. The summed E-state index contributed by atoms with van der Waals surface area (Å²) in [6.45, 7) is 0.688. The molecule has 47 valence electrons. The molecule has 1 unspecified atom stereocenters. The first-order chi connectivity index (χ1) is 3.71. The Morgan fingerprint density at radius 3 is 2.50 bits per heavy atom. The highest BCUT2D eigenvalue weighted by Gasteiger charge is 2.25. The van der Waals surface area contributed by atoms with Gasteiger partial charge in [-0.1, -0.05) is 0 Å². The Kier molecular flexibility index (Phi) is 1.70. The molecule has 0 bridgehead atoms. The van der Waals surface area contributed by atoms with E-state index in [4.69, 9.17) is 4.74 Å². The SMILES string of the molecule is [O]C1([SiH3])CCCCO1. The molecule has 0 aromatic carbocycles. The molecule has 0 aromatic rings. The van der Waals surface area contributed by atoms with Gasteiger partial charge in [-0.15, -0.1) is 0 Å². The van der Waals surface area contributed by atoms with Gasteiger partial charge in [0.1, 0.15) is 0 Å². The largest absolute Gasteiger partial charge is 0.352 e. The van der Waals surface area contributed by atoms with Crippen LogP contribution in [0.2, 0.25) is 0 Å². The van der Waals surface area contributed by atoms with Gasteiger partial charge in [-0.05, 0) is 19.3 Å². The summed E-state index contributed by atoms with van der Waals surface area (Å²) in [6.07, 6.45) is 2.87. The Bertz CT molecular complexity index is 74.5. The van der Waals surface area contributed by atoms with Crippen LogP contribution in [0.3, 0.4) is 0 Å². The van der Waals surface area contributed by atoms with Gasteiger partial charge in [0.15, 0.2) is 5.41 Å². The summed E-state index contributed by atoms with van der Waals surface area (Å²) in [5.74, 6) is 0. The summed E-state index contributed by atoms with van der Waals surface area (Å²) in [7, 11) is 0.632. The van der Waals surface area contributed by atoms with Crippen molar-refractivity contribution < 1.29 is 9.84 Å². The molecule has 0 saturated carbocycles. The average molecular weight is 131 g/mol. The molecule has 0 N–H and O–H groups in total. The lowest BCUT2D eigenvalue weighted by Gasteiger charge is -2.25. The molecule has 1 aliphatic heterocycles. The van der Waals surface area contributed by atoms with Crippen molar-refractivity contribution in [2.75, 3.05) is 6.61 Å². The Morgan fingerprint density at radius 1 is 1.50 bits per heavy atom. The van der Waals surface area contributed by atoms with Crippen LogP contribution in [0.1, 0.15) is 19.3 Å². The van der Waals surface area contributed by atoms with Crippen molar-refractivity contribution in [3.8, 4) is 0 Å². The highest BCUT2D eigenvalue weighted by Crippen LogP contribution is 2.18. The minimum atomic E-state index is -0.932.